The van der Waals surface area contributed by atoms with Crippen LogP contribution in [-0.4, -0.2) is 99.3 Å². The van der Waals surface area contributed by atoms with E-state index in [2.05, 4.69) is 13.2 Å². The van der Waals surface area contributed by atoms with Gasteiger partial charge in [-0.15, -0.1) is 0 Å². The van der Waals surface area contributed by atoms with Crippen molar-refractivity contribution in [1.82, 2.24) is 0 Å². The summed E-state index contributed by atoms with van der Waals surface area (Å²) in [6, 6.07) is 0. The molecule has 0 saturated carbocycles. The number of hydrogen-bond acceptors (Lipinski definition) is 10. The Bertz CT molecular complexity index is 654. The first-order chi connectivity index (χ1) is 12.7. The number of hydrogen-bond donors (Lipinski definition) is 0. The molecule has 0 rings (SSSR count). The van der Waals surface area contributed by atoms with Crippen LogP contribution in [0.2, 0.25) is 0 Å². The summed E-state index contributed by atoms with van der Waals surface area (Å²) in [6.07, 6.45) is 2.34. The van der Waals surface area contributed by atoms with Gasteiger partial charge in [-0.25, -0.2) is 26.4 Å². The quantitative estimate of drug-likeness (QED) is 0.165. The molecule has 0 aromatic rings. The molecule has 29 heavy (non-hydrogen) atoms. The van der Waals surface area contributed by atoms with Crippen LogP contribution in [0.4, 0.5) is 0 Å². The molecule has 0 N–H and O–H groups in total. The molecular formula is C16H26CaO10S2. The van der Waals surface area contributed by atoms with E-state index in [0.29, 0.717) is 12.8 Å². The number of carbonyl (C=O) groups excluding carboxylic acids is 2. The third-order valence-corrected chi connectivity index (χ3v) is 4.56. The van der Waals surface area contributed by atoms with Crippen molar-refractivity contribution >= 4 is 69.9 Å². The Kier molecular flexibility index (Phi) is 19.7. The Labute approximate surface area is 202 Å². The molecule has 2 unspecified atom stereocenters. The summed E-state index contributed by atoms with van der Waals surface area (Å²) in [5, 5.41) is 0. The van der Waals surface area contributed by atoms with Crippen LogP contribution in [0.5, 0.6) is 0 Å². The average molecular weight is 483 g/mol. The molecule has 0 aliphatic carbocycles. The van der Waals surface area contributed by atoms with Gasteiger partial charge in [-0.05, 0) is 39.5 Å². The molecule has 0 amide bonds. The van der Waals surface area contributed by atoms with E-state index in [9.17, 15) is 35.5 Å². The zero-order valence-corrected chi connectivity index (χ0v) is 20.4. The van der Waals surface area contributed by atoms with Crippen molar-refractivity contribution < 1.29 is 45.0 Å². The molecule has 0 heterocycles. The van der Waals surface area contributed by atoms with E-state index in [1.165, 1.54) is 0 Å². The first kappa shape index (κ1) is 33.1. The predicted octanol–water partition coefficient (Wildman–Crippen LogP) is 0.478. The van der Waals surface area contributed by atoms with Gasteiger partial charge >= 0.3 is 49.7 Å². The largest absolute Gasteiger partial charge is 2.00 e. The smallest absolute Gasteiger partial charge is 0.748 e. The summed E-state index contributed by atoms with van der Waals surface area (Å²) in [5.74, 6) is -1.96. The van der Waals surface area contributed by atoms with Crippen molar-refractivity contribution in [2.24, 2.45) is 0 Å². The second kappa shape index (κ2) is 17.2. The normalized spacial score (nSPS) is 12.8. The Balaban J connectivity index is -0.000000451. The molecule has 0 aromatic heterocycles. The molecule has 0 saturated heterocycles. The van der Waals surface area contributed by atoms with Gasteiger partial charge in [0.1, 0.15) is 0 Å². The Morgan fingerprint density at radius 3 is 1.31 bits per heavy atom. The van der Waals surface area contributed by atoms with Crippen molar-refractivity contribution in [1.29, 1.82) is 0 Å². The second-order valence-corrected chi connectivity index (χ2v) is 8.76. The van der Waals surface area contributed by atoms with Crippen LogP contribution < -0.4 is 0 Å². The average Bonchev–Trinajstić information content (AvgIpc) is 2.52. The topological polar surface area (TPSA) is 167 Å². The predicted molar refractivity (Wildman–Crippen MR) is 105 cm³/mol. The van der Waals surface area contributed by atoms with Gasteiger partial charge in [-0.3, -0.25) is 0 Å². The van der Waals surface area contributed by atoms with Crippen LogP contribution in [0.15, 0.2) is 25.3 Å². The molecule has 0 aliphatic rings. The summed E-state index contributed by atoms with van der Waals surface area (Å²) in [7, 11) is -8.33. The second-order valence-electron chi connectivity index (χ2n) is 5.71. The molecule has 0 aromatic carbocycles. The molecule has 0 fully saturated rings. The van der Waals surface area contributed by atoms with Crippen molar-refractivity contribution in [3.8, 4) is 0 Å². The summed E-state index contributed by atoms with van der Waals surface area (Å²) in [5.41, 5.74) is 0. The monoisotopic (exact) mass is 482 g/mol. The maximum Gasteiger partial charge on any atom is 2.00 e. The minimum absolute atomic E-state index is 0. The molecule has 0 radical (unpaired) electrons. The third-order valence-electron chi connectivity index (χ3n) is 2.98. The van der Waals surface area contributed by atoms with Crippen LogP contribution in [0.25, 0.3) is 0 Å². The van der Waals surface area contributed by atoms with E-state index in [1.54, 1.807) is 13.8 Å². The molecule has 2 atom stereocenters. The minimum atomic E-state index is -4.16. The zero-order valence-electron chi connectivity index (χ0n) is 16.6. The molecule has 10 nitrogen and oxygen atoms in total. The van der Waals surface area contributed by atoms with E-state index in [1.807, 2.05) is 0 Å². The Morgan fingerprint density at radius 2 is 1.10 bits per heavy atom. The van der Waals surface area contributed by atoms with Gasteiger partial charge in [0.15, 0.2) is 0 Å². The number of carbonyl (C=O) groups is 2. The summed E-state index contributed by atoms with van der Waals surface area (Å²) < 4.78 is 70.8. The summed E-state index contributed by atoms with van der Waals surface area (Å²) in [6.45, 7) is 9.67. The summed E-state index contributed by atoms with van der Waals surface area (Å²) in [4.78, 5) is 21.3. The first-order valence-electron chi connectivity index (χ1n) is 8.23. The minimum Gasteiger partial charge on any atom is -0.748 e. The van der Waals surface area contributed by atoms with Gasteiger partial charge in [-0.1, -0.05) is 13.2 Å². The number of rotatable bonds is 12. The van der Waals surface area contributed by atoms with Crippen LogP contribution in [-0.2, 0) is 39.3 Å². The van der Waals surface area contributed by atoms with E-state index < -0.39 is 55.9 Å². The maximum atomic E-state index is 10.7. The van der Waals surface area contributed by atoms with Gasteiger partial charge < -0.3 is 18.6 Å². The van der Waals surface area contributed by atoms with Crippen molar-refractivity contribution in [2.45, 2.75) is 51.7 Å². The number of ether oxygens (including phenoxy) is 2. The Morgan fingerprint density at radius 1 is 0.828 bits per heavy atom. The van der Waals surface area contributed by atoms with Crippen LogP contribution in [0, 0.1) is 0 Å². The van der Waals surface area contributed by atoms with Gasteiger partial charge in [0.25, 0.3) is 0 Å². The van der Waals surface area contributed by atoms with E-state index in [0.717, 1.165) is 12.2 Å². The van der Waals surface area contributed by atoms with Gasteiger partial charge in [0.05, 0.1) is 32.4 Å². The molecule has 0 aliphatic heterocycles. The molecule has 164 valence electrons. The van der Waals surface area contributed by atoms with Crippen molar-refractivity contribution in [2.75, 3.05) is 11.5 Å². The fourth-order valence-electron chi connectivity index (χ4n) is 1.71. The first-order valence-corrected chi connectivity index (χ1v) is 11.4. The van der Waals surface area contributed by atoms with Crippen LogP contribution in [0.1, 0.15) is 39.5 Å². The maximum absolute atomic E-state index is 10.7. The van der Waals surface area contributed by atoms with Crippen molar-refractivity contribution in [3.05, 3.63) is 25.3 Å². The van der Waals surface area contributed by atoms with Gasteiger partial charge in [0, 0.05) is 23.7 Å². The Hall–Kier alpha value is -0.500. The zero-order chi connectivity index (χ0) is 22.4. The SMILES string of the molecule is C=CC(=O)OC(C)CCCS(=O)(=O)[O-].C=CC(=O)OC(C)CCCS(=O)(=O)[O-].[Ca+2]. The number of esters is 2. The molecular weight excluding hydrogens is 456 g/mol. The van der Waals surface area contributed by atoms with Crippen LogP contribution in [0.3, 0.4) is 0 Å². The van der Waals surface area contributed by atoms with Crippen molar-refractivity contribution in [3.63, 3.8) is 0 Å². The van der Waals surface area contributed by atoms with E-state index in [-0.39, 0.29) is 50.6 Å². The van der Waals surface area contributed by atoms with E-state index in [4.69, 9.17) is 9.47 Å². The fraction of sp³-hybridized carbons (Fsp3) is 0.625. The van der Waals surface area contributed by atoms with Crippen LogP contribution >= 0.6 is 0 Å². The van der Waals surface area contributed by atoms with Gasteiger partial charge in [0.2, 0.25) is 0 Å². The molecule has 0 bridgehead atoms. The summed E-state index contributed by atoms with van der Waals surface area (Å²) >= 11 is 0. The van der Waals surface area contributed by atoms with E-state index >= 15 is 0 Å². The molecule has 0 spiro atoms. The fourth-order valence-corrected chi connectivity index (χ4v) is 2.75. The third kappa shape index (κ3) is 27.5. The molecule has 13 heteroatoms. The standard InChI is InChI=1S/2C8H14O5S.Ca/c2*1-3-8(9)13-7(2)5-4-6-14(10,11)12;/h2*3,7H,1,4-6H2,2H3,(H,10,11,12);/q;;+2/p-2. The van der Waals surface area contributed by atoms with Gasteiger partial charge in [-0.2, -0.15) is 0 Å².